The third kappa shape index (κ3) is 17.9. The predicted octanol–water partition coefficient (Wildman–Crippen LogP) is 2.81. The molecule has 0 bridgehead atoms. The van der Waals surface area contributed by atoms with Gasteiger partial charge in [-0.25, -0.2) is 0 Å². The van der Waals surface area contributed by atoms with E-state index < -0.39 is 21.9 Å². The van der Waals surface area contributed by atoms with Gasteiger partial charge >= 0.3 is 16.2 Å². The van der Waals surface area contributed by atoms with E-state index in [9.17, 15) is 17.1 Å². The van der Waals surface area contributed by atoms with Crippen LogP contribution in [0.5, 0.6) is 0 Å². The number of hydrogen-bond acceptors (Lipinski definition) is 3. The monoisotopic (exact) mass is 300 g/mol. The molecule has 0 aliphatic carbocycles. The van der Waals surface area contributed by atoms with Crippen molar-refractivity contribution in [1.29, 1.82) is 0 Å². The van der Waals surface area contributed by atoms with E-state index >= 15 is 0 Å². The van der Waals surface area contributed by atoms with Crippen molar-refractivity contribution in [3.63, 3.8) is 0 Å². The third-order valence-corrected chi connectivity index (χ3v) is 7.16. The first-order chi connectivity index (χ1) is 8.26. The standard InChI is InChI=1S/C9H22Si.C2H3FO4S/c1-4-7-10(8-5-2)9-6-3;3-8(6,7)1-2(4)5/h10H,4-9H2,1-3H3;1H2,(H,4,5). The highest BCUT2D eigenvalue weighted by Gasteiger charge is 2.11. The van der Waals surface area contributed by atoms with E-state index in [2.05, 4.69) is 20.8 Å². The van der Waals surface area contributed by atoms with Crippen LogP contribution in [0, 0.1) is 0 Å². The van der Waals surface area contributed by atoms with Crippen LogP contribution in [0.2, 0.25) is 18.1 Å². The fourth-order valence-corrected chi connectivity index (χ4v) is 5.42. The molecule has 7 heteroatoms. The number of carbonyl (C=O) groups is 1. The van der Waals surface area contributed by atoms with E-state index in [0.717, 1.165) is 0 Å². The zero-order valence-corrected chi connectivity index (χ0v) is 13.5. The van der Waals surface area contributed by atoms with Crippen molar-refractivity contribution in [3.8, 4) is 0 Å². The Morgan fingerprint density at radius 1 is 1.06 bits per heavy atom. The number of carboxylic acid groups (broad SMARTS) is 1. The average Bonchev–Trinajstić information content (AvgIpc) is 2.15. The minimum absolute atomic E-state index is 0.234. The van der Waals surface area contributed by atoms with Crippen LogP contribution in [0.25, 0.3) is 0 Å². The van der Waals surface area contributed by atoms with Crippen LogP contribution in [0.4, 0.5) is 3.89 Å². The lowest BCUT2D eigenvalue weighted by Gasteiger charge is -2.10. The van der Waals surface area contributed by atoms with Crippen molar-refractivity contribution >= 4 is 25.0 Å². The van der Waals surface area contributed by atoms with E-state index in [1.165, 1.54) is 19.3 Å². The molecule has 0 aliphatic rings. The van der Waals surface area contributed by atoms with Crippen LogP contribution in [0.3, 0.4) is 0 Å². The Hall–Kier alpha value is -0.433. The molecule has 0 spiro atoms. The molecule has 0 saturated carbocycles. The Kier molecular flexibility index (Phi) is 12.9. The van der Waals surface area contributed by atoms with Gasteiger partial charge in [0.25, 0.3) is 0 Å². The minimum Gasteiger partial charge on any atom is -0.480 e. The molecule has 1 N–H and O–H groups in total. The van der Waals surface area contributed by atoms with Gasteiger partial charge in [0, 0.05) is 8.80 Å². The lowest BCUT2D eigenvalue weighted by molar-refractivity contribution is -0.134. The first-order valence-corrected chi connectivity index (χ1v) is 10.4. The summed E-state index contributed by atoms with van der Waals surface area (Å²) in [5.74, 6) is -3.14. The third-order valence-electron chi connectivity index (χ3n) is 2.39. The molecule has 0 atom stereocenters. The Morgan fingerprint density at radius 2 is 1.39 bits per heavy atom. The average molecular weight is 300 g/mol. The zero-order chi connectivity index (χ0) is 14.6. The molecule has 0 aliphatic heterocycles. The topological polar surface area (TPSA) is 71.4 Å². The highest BCUT2D eigenvalue weighted by molar-refractivity contribution is 7.87. The fraction of sp³-hybridized carbons (Fsp3) is 0.909. The van der Waals surface area contributed by atoms with Gasteiger partial charge in [-0.15, -0.1) is 3.89 Å². The molecule has 0 rings (SSSR count). The smallest absolute Gasteiger partial charge is 0.321 e. The molecule has 0 heterocycles. The van der Waals surface area contributed by atoms with Crippen molar-refractivity contribution < 1.29 is 22.2 Å². The summed E-state index contributed by atoms with van der Waals surface area (Å²) in [7, 11) is -5.06. The summed E-state index contributed by atoms with van der Waals surface area (Å²) < 4.78 is 30.0. The summed E-state index contributed by atoms with van der Waals surface area (Å²) >= 11 is 0. The van der Waals surface area contributed by atoms with Crippen LogP contribution < -0.4 is 0 Å². The van der Waals surface area contributed by atoms with E-state index in [-0.39, 0.29) is 8.80 Å². The van der Waals surface area contributed by atoms with Gasteiger partial charge in [0.05, 0.1) is 0 Å². The van der Waals surface area contributed by atoms with Gasteiger partial charge < -0.3 is 5.11 Å². The van der Waals surface area contributed by atoms with Gasteiger partial charge in [-0.1, -0.05) is 58.2 Å². The van der Waals surface area contributed by atoms with Crippen molar-refractivity contribution in [2.75, 3.05) is 5.75 Å². The number of carboxylic acids is 1. The second-order valence-corrected chi connectivity index (χ2v) is 9.14. The lowest BCUT2D eigenvalue weighted by atomic mass is 10.6. The quantitative estimate of drug-likeness (QED) is 0.552. The Labute approximate surface area is 111 Å². The summed E-state index contributed by atoms with van der Waals surface area (Å²) in [5.41, 5.74) is 0. The predicted molar refractivity (Wildman–Crippen MR) is 75.0 cm³/mol. The molecular weight excluding hydrogens is 275 g/mol. The number of hydrogen-bond donors (Lipinski definition) is 1. The van der Waals surface area contributed by atoms with Crippen molar-refractivity contribution in [1.82, 2.24) is 0 Å². The van der Waals surface area contributed by atoms with Crippen molar-refractivity contribution in [2.24, 2.45) is 0 Å². The molecule has 0 saturated heterocycles. The lowest BCUT2D eigenvalue weighted by Crippen LogP contribution is -2.09. The summed E-state index contributed by atoms with van der Waals surface area (Å²) in [6.07, 6.45) is 4.28. The van der Waals surface area contributed by atoms with E-state index in [0.29, 0.717) is 0 Å². The van der Waals surface area contributed by atoms with Gasteiger partial charge in [0.1, 0.15) is 0 Å². The van der Waals surface area contributed by atoms with Gasteiger partial charge in [-0.05, 0) is 0 Å². The van der Waals surface area contributed by atoms with Crippen LogP contribution in [0.1, 0.15) is 40.0 Å². The minimum atomic E-state index is -4.82. The first kappa shape index (κ1) is 19.9. The number of halogens is 1. The Balaban J connectivity index is 0. The molecule has 0 aromatic rings. The largest absolute Gasteiger partial charge is 0.480 e. The molecule has 0 amide bonds. The highest BCUT2D eigenvalue weighted by atomic mass is 32.3. The molecule has 18 heavy (non-hydrogen) atoms. The summed E-state index contributed by atoms with van der Waals surface area (Å²) in [6.45, 7) is 6.97. The van der Waals surface area contributed by atoms with Gasteiger partial charge in [-0.3, -0.25) is 4.79 Å². The second-order valence-electron chi connectivity index (χ2n) is 4.31. The summed E-state index contributed by atoms with van der Waals surface area (Å²) in [4.78, 5) is 9.40. The van der Waals surface area contributed by atoms with Gasteiger partial charge in [0.2, 0.25) is 0 Å². The number of rotatable bonds is 8. The number of aliphatic carboxylic acids is 1. The molecule has 4 nitrogen and oxygen atoms in total. The maximum absolute atomic E-state index is 11.2. The second kappa shape index (κ2) is 11.6. The molecule has 0 aromatic carbocycles. The maximum Gasteiger partial charge on any atom is 0.321 e. The van der Waals surface area contributed by atoms with Crippen LogP contribution in [-0.4, -0.2) is 34.0 Å². The molecule has 0 aromatic heterocycles. The van der Waals surface area contributed by atoms with Crippen LogP contribution in [-0.2, 0) is 15.0 Å². The SMILES string of the molecule is CCC[SiH](CCC)CCC.O=C(O)CS(=O)(=O)F. The first-order valence-electron chi connectivity index (χ1n) is 6.40. The van der Waals surface area contributed by atoms with Gasteiger partial charge in [0.15, 0.2) is 5.75 Å². The molecule has 0 unspecified atom stereocenters. The highest BCUT2D eigenvalue weighted by Crippen LogP contribution is 2.11. The van der Waals surface area contributed by atoms with E-state index in [1.54, 1.807) is 18.1 Å². The molecule has 0 fully saturated rings. The van der Waals surface area contributed by atoms with Gasteiger partial charge in [-0.2, -0.15) is 8.42 Å². The summed E-state index contributed by atoms with van der Waals surface area (Å²) in [5, 5.41) is 7.63. The van der Waals surface area contributed by atoms with E-state index in [1.807, 2.05) is 0 Å². The molecule has 110 valence electrons. The van der Waals surface area contributed by atoms with Crippen LogP contribution in [0.15, 0.2) is 0 Å². The zero-order valence-electron chi connectivity index (χ0n) is 11.5. The fourth-order valence-electron chi connectivity index (χ4n) is 1.81. The Morgan fingerprint density at radius 3 is 1.50 bits per heavy atom. The molecular formula is C11H25FO4SSi. The summed E-state index contributed by atoms with van der Waals surface area (Å²) in [6, 6.07) is 4.76. The Bertz CT molecular complexity index is 292. The van der Waals surface area contributed by atoms with E-state index in [4.69, 9.17) is 5.11 Å². The normalized spacial score (nSPS) is 10.9. The molecule has 0 radical (unpaired) electrons. The van der Waals surface area contributed by atoms with Crippen molar-refractivity contribution in [3.05, 3.63) is 0 Å². The maximum atomic E-state index is 11.2. The van der Waals surface area contributed by atoms with Crippen LogP contribution >= 0.6 is 0 Å². The van der Waals surface area contributed by atoms with Crippen molar-refractivity contribution in [2.45, 2.75) is 58.2 Å².